The molecule has 13 heavy (non-hydrogen) atoms. The molecule has 2 rings (SSSR count). The number of hydrogen-bond donors (Lipinski definition) is 1. The molecule has 0 radical (unpaired) electrons. The predicted octanol–water partition coefficient (Wildman–Crippen LogP) is 0.472. The van der Waals surface area contributed by atoms with Crippen molar-refractivity contribution < 1.29 is 14.7 Å². The number of aliphatic carboxylic acids is 1. The number of hydrogen-bond acceptors (Lipinski definition) is 2. The number of rotatable bonds is 1. The molecule has 1 aliphatic heterocycles. The maximum atomic E-state index is 11.2. The molecule has 1 saturated carbocycles. The van der Waals surface area contributed by atoms with E-state index >= 15 is 0 Å². The summed E-state index contributed by atoms with van der Waals surface area (Å²) in [7, 11) is 0. The first kappa shape index (κ1) is 8.53. The molecule has 0 aromatic heterocycles. The Hall–Kier alpha value is -1.06. The summed E-state index contributed by atoms with van der Waals surface area (Å²) >= 11 is 0. The van der Waals surface area contributed by atoms with Gasteiger partial charge in [-0.3, -0.25) is 4.79 Å². The molecular weight excluding hydrogens is 170 g/mol. The maximum absolute atomic E-state index is 11.2. The van der Waals surface area contributed by atoms with E-state index < -0.39 is 11.5 Å². The zero-order valence-corrected chi connectivity index (χ0v) is 7.62. The zero-order valence-electron chi connectivity index (χ0n) is 7.62. The van der Waals surface area contributed by atoms with E-state index in [0.29, 0.717) is 13.0 Å². The average Bonchev–Trinajstić information content (AvgIpc) is 2.77. The predicted molar refractivity (Wildman–Crippen MR) is 45.1 cm³/mol. The van der Waals surface area contributed by atoms with Crippen molar-refractivity contribution in [3.63, 3.8) is 0 Å². The van der Waals surface area contributed by atoms with Crippen molar-refractivity contribution in [2.75, 3.05) is 6.54 Å². The van der Waals surface area contributed by atoms with Crippen LogP contribution in [0.5, 0.6) is 0 Å². The van der Waals surface area contributed by atoms with E-state index in [1.54, 1.807) is 0 Å². The number of fused-ring (bicyclic) bond motifs is 1. The summed E-state index contributed by atoms with van der Waals surface area (Å²) in [5.74, 6) is -0.723. The minimum absolute atomic E-state index is 0.107. The molecule has 1 aliphatic carbocycles. The average molecular weight is 183 g/mol. The fourth-order valence-corrected chi connectivity index (χ4v) is 2.50. The highest BCUT2D eigenvalue weighted by molar-refractivity contribution is 5.89. The number of carboxylic acids is 1. The Morgan fingerprint density at radius 2 is 2.23 bits per heavy atom. The summed E-state index contributed by atoms with van der Waals surface area (Å²) in [5.41, 5.74) is -0.815. The lowest BCUT2D eigenvalue weighted by molar-refractivity contribution is -0.153. The van der Waals surface area contributed by atoms with Gasteiger partial charge in [0.1, 0.15) is 5.54 Å². The Bertz CT molecular complexity index is 276. The quantitative estimate of drug-likeness (QED) is 0.643. The lowest BCUT2D eigenvalue weighted by atomic mass is 10.0. The third kappa shape index (κ3) is 0.975. The van der Waals surface area contributed by atoms with Crippen LogP contribution in [-0.2, 0) is 9.59 Å². The molecular formula is C9H13NO3. The van der Waals surface area contributed by atoms with Crippen LogP contribution in [-0.4, -0.2) is 34.0 Å². The first-order valence-corrected chi connectivity index (χ1v) is 4.60. The van der Waals surface area contributed by atoms with Gasteiger partial charge < -0.3 is 10.0 Å². The fraction of sp³-hybridized carbons (Fsp3) is 0.778. The maximum Gasteiger partial charge on any atom is 0.329 e. The first-order chi connectivity index (χ1) is 6.09. The number of amides is 1. The molecule has 2 fully saturated rings. The van der Waals surface area contributed by atoms with E-state index in [1.165, 1.54) is 11.8 Å². The van der Waals surface area contributed by atoms with Crippen molar-refractivity contribution in [2.45, 2.75) is 31.7 Å². The molecule has 72 valence electrons. The highest BCUT2D eigenvalue weighted by Gasteiger charge is 2.66. The molecule has 1 saturated heterocycles. The van der Waals surface area contributed by atoms with Gasteiger partial charge in [-0.2, -0.15) is 0 Å². The van der Waals surface area contributed by atoms with Gasteiger partial charge in [0.2, 0.25) is 5.91 Å². The number of nitrogens with zero attached hydrogens (tertiary/aromatic N) is 1. The van der Waals surface area contributed by atoms with E-state index in [1.807, 2.05) is 0 Å². The monoisotopic (exact) mass is 183 g/mol. The van der Waals surface area contributed by atoms with Crippen LogP contribution in [0.1, 0.15) is 26.2 Å². The van der Waals surface area contributed by atoms with Crippen molar-refractivity contribution in [2.24, 2.45) is 5.92 Å². The molecule has 4 nitrogen and oxygen atoms in total. The van der Waals surface area contributed by atoms with Crippen LogP contribution in [0.25, 0.3) is 0 Å². The van der Waals surface area contributed by atoms with Crippen LogP contribution >= 0.6 is 0 Å². The van der Waals surface area contributed by atoms with E-state index in [9.17, 15) is 9.59 Å². The highest BCUT2D eigenvalue weighted by Crippen LogP contribution is 2.54. The minimum atomic E-state index is -0.826. The standard InChI is InChI=1S/C9H13NO3/c1-6(11)10-4-2-3-7-5-9(7,10)8(12)13/h7H,2-5H2,1H3,(H,12,13)/t7-,9+/m1/s1. The number of carboxylic acid groups (broad SMARTS) is 1. The van der Waals surface area contributed by atoms with E-state index in [2.05, 4.69) is 0 Å². The molecule has 1 N–H and O–H groups in total. The second kappa shape index (κ2) is 2.47. The summed E-state index contributed by atoms with van der Waals surface area (Å²) in [6.45, 7) is 2.06. The van der Waals surface area contributed by atoms with Crippen molar-refractivity contribution in [1.82, 2.24) is 4.90 Å². The molecule has 0 aromatic rings. The van der Waals surface area contributed by atoms with Gasteiger partial charge in [-0.1, -0.05) is 0 Å². The summed E-state index contributed by atoms with van der Waals surface area (Å²) in [5, 5.41) is 9.06. The van der Waals surface area contributed by atoms with E-state index in [4.69, 9.17) is 5.11 Å². The van der Waals surface area contributed by atoms with Gasteiger partial charge in [0.15, 0.2) is 0 Å². The third-order valence-corrected chi connectivity index (χ3v) is 3.24. The van der Waals surface area contributed by atoms with Gasteiger partial charge in [-0.05, 0) is 25.2 Å². The van der Waals surface area contributed by atoms with Crippen molar-refractivity contribution in [3.05, 3.63) is 0 Å². The zero-order chi connectivity index (χ0) is 9.64. The van der Waals surface area contributed by atoms with Gasteiger partial charge in [0, 0.05) is 13.5 Å². The first-order valence-electron chi connectivity index (χ1n) is 4.60. The fourth-order valence-electron chi connectivity index (χ4n) is 2.50. The smallest absolute Gasteiger partial charge is 0.329 e. The van der Waals surface area contributed by atoms with Crippen LogP contribution in [0.15, 0.2) is 0 Å². The lowest BCUT2D eigenvalue weighted by Crippen LogP contribution is -2.50. The molecule has 4 heteroatoms. The van der Waals surface area contributed by atoms with Crippen LogP contribution in [0, 0.1) is 5.92 Å². The van der Waals surface area contributed by atoms with Crippen molar-refractivity contribution >= 4 is 11.9 Å². The number of likely N-dealkylation sites (tertiary alicyclic amines) is 1. The number of piperidine rings is 1. The summed E-state index contributed by atoms with van der Waals surface area (Å²) in [6.07, 6.45) is 2.55. The third-order valence-electron chi connectivity index (χ3n) is 3.24. The molecule has 0 unspecified atom stereocenters. The Labute approximate surface area is 76.5 Å². The normalized spacial score (nSPS) is 36.7. The molecule has 1 amide bonds. The summed E-state index contributed by atoms with van der Waals surface area (Å²) < 4.78 is 0. The van der Waals surface area contributed by atoms with Crippen molar-refractivity contribution in [3.8, 4) is 0 Å². The van der Waals surface area contributed by atoms with Gasteiger partial charge >= 0.3 is 5.97 Å². The molecule has 0 spiro atoms. The summed E-state index contributed by atoms with van der Waals surface area (Å²) in [4.78, 5) is 23.8. The highest BCUT2D eigenvalue weighted by atomic mass is 16.4. The van der Waals surface area contributed by atoms with Gasteiger partial charge in [0.05, 0.1) is 0 Å². The van der Waals surface area contributed by atoms with Crippen LogP contribution in [0.4, 0.5) is 0 Å². The van der Waals surface area contributed by atoms with Crippen LogP contribution in [0.3, 0.4) is 0 Å². The Balaban J connectivity index is 2.26. The van der Waals surface area contributed by atoms with Crippen LogP contribution < -0.4 is 0 Å². The van der Waals surface area contributed by atoms with Crippen LogP contribution in [0.2, 0.25) is 0 Å². The van der Waals surface area contributed by atoms with Gasteiger partial charge in [-0.25, -0.2) is 4.79 Å². The molecule has 0 aromatic carbocycles. The summed E-state index contributed by atoms with van der Waals surface area (Å²) in [6, 6.07) is 0. The van der Waals surface area contributed by atoms with Gasteiger partial charge in [0.25, 0.3) is 0 Å². The van der Waals surface area contributed by atoms with E-state index in [0.717, 1.165) is 12.8 Å². The molecule has 1 heterocycles. The molecule has 0 bridgehead atoms. The Kier molecular flexibility index (Phi) is 1.62. The number of carbonyl (C=O) groups is 2. The van der Waals surface area contributed by atoms with Crippen molar-refractivity contribution in [1.29, 1.82) is 0 Å². The second-order valence-electron chi connectivity index (χ2n) is 3.94. The topological polar surface area (TPSA) is 57.6 Å². The molecule has 2 atom stereocenters. The van der Waals surface area contributed by atoms with Gasteiger partial charge in [-0.15, -0.1) is 0 Å². The Morgan fingerprint density at radius 3 is 2.69 bits per heavy atom. The minimum Gasteiger partial charge on any atom is -0.479 e. The second-order valence-corrected chi connectivity index (χ2v) is 3.94. The number of carbonyl (C=O) groups excluding carboxylic acids is 1. The largest absolute Gasteiger partial charge is 0.479 e. The lowest BCUT2D eigenvalue weighted by Gasteiger charge is -2.32. The van der Waals surface area contributed by atoms with E-state index in [-0.39, 0.29) is 11.8 Å². The Morgan fingerprint density at radius 1 is 1.54 bits per heavy atom. The molecule has 2 aliphatic rings. The SMILES string of the molecule is CC(=O)N1CCC[C@@H]2C[C@@]21C(=O)O.